The number of hydrogen-bond donors (Lipinski definition) is 0. The molecule has 0 bridgehead atoms. The van der Waals surface area contributed by atoms with E-state index >= 15 is 0 Å². The smallest absolute Gasteiger partial charge is 0.336 e. The van der Waals surface area contributed by atoms with Gasteiger partial charge in [0.05, 0.1) is 30.8 Å². The number of carbonyl (C=O) groups is 1. The van der Waals surface area contributed by atoms with Crippen LogP contribution >= 0.6 is 0 Å². The molecule has 1 unspecified atom stereocenters. The molecule has 2 aliphatic rings. The summed E-state index contributed by atoms with van der Waals surface area (Å²) in [6.07, 6.45) is 10.8. The number of methoxy groups -OCH3 is 1. The van der Waals surface area contributed by atoms with Gasteiger partial charge < -0.3 is 14.2 Å². The predicted molar refractivity (Wildman–Crippen MR) is 80.5 cm³/mol. The molecule has 0 aromatic heterocycles. The highest BCUT2D eigenvalue weighted by Crippen LogP contribution is 2.25. The maximum Gasteiger partial charge on any atom is 0.336 e. The Kier molecular flexibility index (Phi) is 5.90. The minimum Gasteiger partial charge on any atom is -0.498 e. The highest BCUT2D eigenvalue weighted by atomic mass is 16.5. The zero-order valence-corrected chi connectivity index (χ0v) is 12.7. The van der Waals surface area contributed by atoms with E-state index in [9.17, 15) is 4.79 Å². The number of carbonyl (C=O) groups excluding carboxylic acids is 1. The molecule has 21 heavy (non-hydrogen) atoms. The summed E-state index contributed by atoms with van der Waals surface area (Å²) >= 11 is 0. The quantitative estimate of drug-likeness (QED) is 0.506. The van der Waals surface area contributed by atoms with Crippen LogP contribution in [0, 0.1) is 0 Å². The van der Waals surface area contributed by atoms with Crippen molar-refractivity contribution in [1.82, 2.24) is 0 Å². The Hall–Kier alpha value is -1.71. The number of hydrogen-bond acceptors (Lipinski definition) is 4. The lowest BCUT2D eigenvalue weighted by atomic mass is 10.1. The first-order chi connectivity index (χ1) is 10.2. The summed E-state index contributed by atoms with van der Waals surface area (Å²) in [6.45, 7) is 4.35. The lowest BCUT2D eigenvalue weighted by Gasteiger charge is -2.21. The second-order valence-electron chi connectivity index (χ2n) is 5.39. The Balaban J connectivity index is 1.87. The summed E-state index contributed by atoms with van der Waals surface area (Å²) in [5.41, 5.74) is 0.356. The van der Waals surface area contributed by atoms with Gasteiger partial charge in [-0.05, 0) is 37.8 Å². The number of ether oxygens (including phenoxy) is 3. The Labute approximate surface area is 126 Å². The van der Waals surface area contributed by atoms with Crippen molar-refractivity contribution in [2.24, 2.45) is 0 Å². The summed E-state index contributed by atoms with van der Waals surface area (Å²) in [5.74, 6) is 1.58. The Morgan fingerprint density at radius 2 is 1.90 bits per heavy atom. The second-order valence-corrected chi connectivity index (χ2v) is 5.39. The summed E-state index contributed by atoms with van der Waals surface area (Å²) in [6, 6.07) is 0. The molecule has 0 spiro atoms. The molecule has 0 aromatic rings. The fourth-order valence-corrected chi connectivity index (χ4v) is 2.57. The van der Waals surface area contributed by atoms with Crippen LogP contribution in [-0.2, 0) is 19.0 Å². The highest BCUT2D eigenvalue weighted by Gasteiger charge is 2.23. The normalized spacial score (nSPS) is 18.7. The van der Waals surface area contributed by atoms with Gasteiger partial charge in [0.15, 0.2) is 0 Å². The monoisotopic (exact) mass is 292 g/mol. The SMILES string of the molecule is C=C(C(=O)OC)C(CCOC1=CCCC1)OC1=CCCC1. The van der Waals surface area contributed by atoms with Crippen LogP contribution in [0.2, 0.25) is 0 Å². The van der Waals surface area contributed by atoms with Crippen molar-refractivity contribution in [3.05, 3.63) is 35.8 Å². The van der Waals surface area contributed by atoms with Crippen molar-refractivity contribution in [1.29, 1.82) is 0 Å². The minimum atomic E-state index is -0.418. The molecule has 0 N–H and O–H groups in total. The lowest BCUT2D eigenvalue weighted by molar-refractivity contribution is -0.137. The zero-order valence-electron chi connectivity index (χ0n) is 12.7. The van der Waals surface area contributed by atoms with Gasteiger partial charge in [0, 0.05) is 19.3 Å². The van der Waals surface area contributed by atoms with Crippen LogP contribution in [0.4, 0.5) is 0 Å². The van der Waals surface area contributed by atoms with Gasteiger partial charge >= 0.3 is 5.97 Å². The van der Waals surface area contributed by atoms with E-state index in [1.54, 1.807) is 0 Å². The Bertz CT molecular complexity index is 448. The molecule has 2 aliphatic carbocycles. The maximum atomic E-state index is 11.7. The summed E-state index contributed by atoms with van der Waals surface area (Å²) in [5, 5.41) is 0. The second kappa shape index (κ2) is 7.91. The van der Waals surface area contributed by atoms with Gasteiger partial charge in [-0.15, -0.1) is 0 Å². The maximum absolute atomic E-state index is 11.7. The van der Waals surface area contributed by atoms with Gasteiger partial charge in [0.25, 0.3) is 0 Å². The van der Waals surface area contributed by atoms with Crippen molar-refractivity contribution < 1.29 is 19.0 Å². The third-order valence-electron chi connectivity index (χ3n) is 3.80. The Morgan fingerprint density at radius 3 is 2.48 bits per heavy atom. The van der Waals surface area contributed by atoms with E-state index in [2.05, 4.69) is 18.7 Å². The molecule has 0 fully saturated rings. The van der Waals surface area contributed by atoms with E-state index in [0.29, 0.717) is 18.6 Å². The lowest BCUT2D eigenvalue weighted by Crippen LogP contribution is -2.23. The molecule has 0 heterocycles. The summed E-state index contributed by atoms with van der Waals surface area (Å²) in [7, 11) is 1.36. The van der Waals surface area contributed by atoms with Gasteiger partial charge in [0.1, 0.15) is 6.10 Å². The standard InChI is InChI=1S/C17H24O4/c1-13(17(18)19-2)16(21-15-9-5-6-10-15)11-12-20-14-7-3-4-8-14/h7,9,16H,1,3-6,8,10-12H2,2H3. The van der Waals surface area contributed by atoms with Gasteiger partial charge in [-0.25, -0.2) is 4.79 Å². The van der Waals surface area contributed by atoms with E-state index in [1.165, 1.54) is 7.11 Å². The zero-order chi connectivity index (χ0) is 15.1. The molecule has 0 aliphatic heterocycles. The van der Waals surface area contributed by atoms with E-state index in [-0.39, 0.29) is 6.10 Å². The minimum absolute atomic E-state index is 0.356. The Morgan fingerprint density at radius 1 is 1.24 bits per heavy atom. The third-order valence-corrected chi connectivity index (χ3v) is 3.80. The first-order valence-electron chi connectivity index (χ1n) is 7.65. The molecule has 0 saturated carbocycles. The molecule has 0 saturated heterocycles. The molecule has 4 heteroatoms. The highest BCUT2D eigenvalue weighted by molar-refractivity contribution is 5.88. The summed E-state index contributed by atoms with van der Waals surface area (Å²) in [4.78, 5) is 11.7. The van der Waals surface area contributed by atoms with Crippen molar-refractivity contribution in [2.45, 2.75) is 51.0 Å². The number of esters is 1. The van der Waals surface area contributed by atoms with Crippen LogP contribution in [0.3, 0.4) is 0 Å². The van der Waals surface area contributed by atoms with Crippen molar-refractivity contribution in [3.8, 4) is 0 Å². The first kappa shape index (κ1) is 15.7. The molecular formula is C17H24O4. The molecule has 1 atom stereocenters. The van der Waals surface area contributed by atoms with E-state index < -0.39 is 5.97 Å². The van der Waals surface area contributed by atoms with E-state index in [1.807, 2.05) is 0 Å². The van der Waals surface area contributed by atoms with Crippen LogP contribution in [0.25, 0.3) is 0 Å². The van der Waals surface area contributed by atoms with E-state index in [0.717, 1.165) is 50.0 Å². The van der Waals surface area contributed by atoms with Gasteiger partial charge in [-0.1, -0.05) is 6.58 Å². The topological polar surface area (TPSA) is 44.8 Å². The van der Waals surface area contributed by atoms with Crippen LogP contribution in [0.5, 0.6) is 0 Å². The average molecular weight is 292 g/mol. The fourth-order valence-electron chi connectivity index (χ4n) is 2.57. The molecule has 0 amide bonds. The van der Waals surface area contributed by atoms with Crippen LogP contribution < -0.4 is 0 Å². The fraction of sp³-hybridized carbons (Fsp3) is 0.588. The first-order valence-corrected chi connectivity index (χ1v) is 7.65. The van der Waals surface area contributed by atoms with Crippen molar-refractivity contribution in [3.63, 3.8) is 0 Å². The largest absolute Gasteiger partial charge is 0.498 e. The molecule has 4 nitrogen and oxygen atoms in total. The molecule has 116 valence electrons. The van der Waals surface area contributed by atoms with Crippen LogP contribution in [0.15, 0.2) is 35.8 Å². The van der Waals surface area contributed by atoms with Crippen molar-refractivity contribution in [2.75, 3.05) is 13.7 Å². The van der Waals surface area contributed by atoms with Gasteiger partial charge in [-0.2, -0.15) is 0 Å². The van der Waals surface area contributed by atoms with E-state index in [4.69, 9.17) is 14.2 Å². The van der Waals surface area contributed by atoms with Gasteiger partial charge in [0.2, 0.25) is 0 Å². The van der Waals surface area contributed by atoms with Crippen LogP contribution in [-0.4, -0.2) is 25.8 Å². The number of rotatable bonds is 8. The molecular weight excluding hydrogens is 268 g/mol. The van der Waals surface area contributed by atoms with Gasteiger partial charge in [-0.3, -0.25) is 0 Å². The van der Waals surface area contributed by atoms with Crippen molar-refractivity contribution >= 4 is 5.97 Å². The molecule has 2 rings (SSSR count). The number of allylic oxidation sites excluding steroid dienone is 4. The molecule has 0 aromatic carbocycles. The average Bonchev–Trinajstić information content (AvgIpc) is 3.18. The predicted octanol–water partition coefficient (Wildman–Crippen LogP) is 3.64. The molecule has 0 radical (unpaired) electrons. The summed E-state index contributed by atoms with van der Waals surface area (Å²) < 4.78 is 16.4. The third kappa shape index (κ3) is 4.66. The van der Waals surface area contributed by atoms with Crippen LogP contribution in [0.1, 0.15) is 44.9 Å².